The molecule has 1 fully saturated rings. The van der Waals surface area contributed by atoms with Gasteiger partial charge in [0.2, 0.25) is 0 Å². The van der Waals surface area contributed by atoms with Crippen molar-refractivity contribution in [1.29, 1.82) is 0 Å². The normalized spacial score (nSPS) is 21.5. The van der Waals surface area contributed by atoms with E-state index in [1.807, 2.05) is 46.8 Å². The maximum absolute atomic E-state index is 12.4. The molecule has 6 nitrogen and oxygen atoms in total. The van der Waals surface area contributed by atoms with Crippen LogP contribution in [0.15, 0.2) is 24.3 Å². The van der Waals surface area contributed by atoms with E-state index in [0.717, 1.165) is 5.69 Å². The molecule has 1 aromatic rings. The fourth-order valence-corrected chi connectivity index (χ4v) is 3.02. The molecule has 1 aromatic carbocycles. The van der Waals surface area contributed by atoms with E-state index in [1.54, 1.807) is 17.0 Å². The highest BCUT2D eigenvalue weighted by Gasteiger charge is 2.35. The predicted octanol–water partition coefficient (Wildman–Crippen LogP) is 3.22. The largest absolute Gasteiger partial charge is 0.478 e. The van der Waals surface area contributed by atoms with Crippen LogP contribution in [0.5, 0.6) is 0 Å². The Labute approximate surface area is 143 Å². The van der Waals surface area contributed by atoms with Crippen molar-refractivity contribution in [3.05, 3.63) is 29.8 Å². The summed E-state index contributed by atoms with van der Waals surface area (Å²) in [4.78, 5) is 27.3. The topological polar surface area (TPSA) is 70.1 Å². The maximum Gasteiger partial charge on any atom is 0.410 e. The molecule has 1 heterocycles. The Morgan fingerprint density at radius 1 is 1.08 bits per heavy atom. The first-order valence-corrected chi connectivity index (χ1v) is 8.18. The minimum atomic E-state index is -0.932. The fraction of sp³-hybridized carbons (Fsp3) is 0.556. The standard InChI is InChI=1S/C18H26N2O4/c1-12-10-19(15-8-6-14(7-9-15)16(21)22)11-13(2)20(12)17(23)24-18(3,4)5/h6-9,12-13H,10-11H2,1-5H3,(H,21,22)/t12-,13+. The van der Waals surface area contributed by atoms with Crippen LogP contribution in [-0.4, -0.2) is 52.8 Å². The van der Waals surface area contributed by atoms with E-state index in [-0.39, 0.29) is 23.7 Å². The number of amides is 1. The van der Waals surface area contributed by atoms with Gasteiger partial charge in [0, 0.05) is 18.8 Å². The monoisotopic (exact) mass is 334 g/mol. The third-order valence-corrected chi connectivity index (χ3v) is 4.00. The summed E-state index contributed by atoms with van der Waals surface area (Å²) in [5.74, 6) is -0.932. The number of carbonyl (C=O) groups excluding carboxylic acids is 1. The van der Waals surface area contributed by atoms with E-state index in [9.17, 15) is 9.59 Å². The zero-order valence-electron chi connectivity index (χ0n) is 14.9. The van der Waals surface area contributed by atoms with Crippen molar-refractivity contribution in [1.82, 2.24) is 4.90 Å². The molecule has 0 spiro atoms. The van der Waals surface area contributed by atoms with Crippen molar-refractivity contribution in [2.24, 2.45) is 0 Å². The molecular weight excluding hydrogens is 308 g/mol. The van der Waals surface area contributed by atoms with E-state index < -0.39 is 11.6 Å². The lowest BCUT2D eigenvalue weighted by Crippen LogP contribution is -2.59. The van der Waals surface area contributed by atoms with Crippen molar-refractivity contribution in [2.45, 2.75) is 52.3 Å². The van der Waals surface area contributed by atoms with Gasteiger partial charge in [-0.05, 0) is 58.9 Å². The average Bonchev–Trinajstić information content (AvgIpc) is 2.44. The van der Waals surface area contributed by atoms with Crippen LogP contribution in [0, 0.1) is 0 Å². The van der Waals surface area contributed by atoms with Gasteiger partial charge >= 0.3 is 12.1 Å². The quantitative estimate of drug-likeness (QED) is 0.899. The number of carboxylic acid groups (broad SMARTS) is 1. The van der Waals surface area contributed by atoms with Crippen molar-refractivity contribution in [2.75, 3.05) is 18.0 Å². The lowest BCUT2D eigenvalue weighted by Gasteiger charge is -2.45. The Kier molecular flexibility index (Phi) is 5.06. The van der Waals surface area contributed by atoms with Gasteiger partial charge in [-0.25, -0.2) is 9.59 Å². The number of hydrogen-bond donors (Lipinski definition) is 1. The predicted molar refractivity (Wildman–Crippen MR) is 92.6 cm³/mol. The number of nitrogens with zero attached hydrogens (tertiary/aromatic N) is 2. The highest BCUT2D eigenvalue weighted by atomic mass is 16.6. The van der Waals surface area contributed by atoms with Crippen molar-refractivity contribution in [3.8, 4) is 0 Å². The first-order chi connectivity index (χ1) is 11.1. The van der Waals surface area contributed by atoms with Crippen LogP contribution >= 0.6 is 0 Å². The smallest absolute Gasteiger partial charge is 0.410 e. The number of carboxylic acids is 1. The Morgan fingerprint density at radius 2 is 1.58 bits per heavy atom. The summed E-state index contributed by atoms with van der Waals surface area (Å²) >= 11 is 0. The van der Waals surface area contributed by atoms with Crippen LogP contribution < -0.4 is 4.90 Å². The van der Waals surface area contributed by atoms with Gasteiger partial charge in [-0.3, -0.25) is 4.90 Å². The first-order valence-electron chi connectivity index (χ1n) is 8.18. The molecule has 6 heteroatoms. The molecule has 1 N–H and O–H groups in total. The first kappa shape index (κ1) is 18.1. The SMILES string of the molecule is C[C@@H]1CN(c2ccc(C(=O)O)cc2)C[C@H](C)N1C(=O)OC(C)(C)C. The second-order valence-corrected chi connectivity index (χ2v) is 7.34. The van der Waals surface area contributed by atoms with Crippen LogP contribution in [0.1, 0.15) is 45.0 Å². The molecule has 0 saturated carbocycles. The second-order valence-electron chi connectivity index (χ2n) is 7.34. The summed E-state index contributed by atoms with van der Waals surface area (Å²) in [5, 5.41) is 8.99. The summed E-state index contributed by atoms with van der Waals surface area (Å²) in [7, 11) is 0. The number of piperazine rings is 1. The number of anilines is 1. The minimum absolute atomic E-state index is 0.00255. The average molecular weight is 334 g/mol. The van der Waals surface area contributed by atoms with Crippen molar-refractivity contribution >= 4 is 17.7 Å². The molecule has 0 unspecified atom stereocenters. The third kappa shape index (κ3) is 4.19. The number of aromatic carboxylic acids is 1. The molecular formula is C18H26N2O4. The molecule has 2 atom stereocenters. The summed E-state index contributed by atoms with van der Waals surface area (Å²) in [6.07, 6.45) is -0.289. The highest BCUT2D eigenvalue weighted by Crippen LogP contribution is 2.24. The van der Waals surface area contributed by atoms with Gasteiger partial charge < -0.3 is 14.7 Å². The Morgan fingerprint density at radius 3 is 2.00 bits per heavy atom. The summed E-state index contributed by atoms with van der Waals surface area (Å²) in [5.41, 5.74) is 0.718. The van der Waals surface area contributed by atoms with E-state index in [1.165, 1.54) is 0 Å². The van der Waals surface area contributed by atoms with Crippen LogP contribution in [0.3, 0.4) is 0 Å². The molecule has 132 valence electrons. The van der Waals surface area contributed by atoms with Gasteiger partial charge in [0.1, 0.15) is 5.60 Å². The van der Waals surface area contributed by atoms with Gasteiger partial charge in [0.05, 0.1) is 17.6 Å². The summed E-state index contributed by atoms with van der Waals surface area (Å²) in [6, 6.07) is 6.84. The van der Waals surface area contributed by atoms with E-state index in [0.29, 0.717) is 13.1 Å². The number of benzene rings is 1. The van der Waals surface area contributed by atoms with Crippen molar-refractivity contribution < 1.29 is 19.4 Å². The van der Waals surface area contributed by atoms with Crippen LogP contribution in [0.2, 0.25) is 0 Å². The minimum Gasteiger partial charge on any atom is -0.478 e. The van der Waals surface area contributed by atoms with Crippen LogP contribution in [0.4, 0.5) is 10.5 Å². The van der Waals surface area contributed by atoms with Gasteiger partial charge in [0.25, 0.3) is 0 Å². The zero-order valence-corrected chi connectivity index (χ0v) is 14.9. The van der Waals surface area contributed by atoms with Crippen molar-refractivity contribution in [3.63, 3.8) is 0 Å². The van der Waals surface area contributed by atoms with E-state index in [2.05, 4.69) is 4.90 Å². The molecule has 0 aliphatic carbocycles. The van der Waals surface area contributed by atoms with Gasteiger partial charge in [-0.1, -0.05) is 0 Å². The van der Waals surface area contributed by atoms with Crippen LogP contribution in [0.25, 0.3) is 0 Å². The summed E-state index contributed by atoms with van der Waals surface area (Å²) < 4.78 is 5.50. The molecule has 1 saturated heterocycles. The molecule has 0 radical (unpaired) electrons. The second kappa shape index (κ2) is 6.71. The molecule has 0 aromatic heterocycles. The third-order valence-electron chi connectivity index (χ3n) is 4.00. The van der Waals surface area contributed by atoms with Gasteiger partial charge in [-0.2, -0.15) is 0 Å². The number of hydrogen-bond acceptors (Lipinski definition) is 4. The Hall–Kier alpha value is -2.24. The lowest BCUT2D eigenvalue weighted by atomic mass is 10.1. The number of rotatable bonds is 2. The van der Waals surface area contributed by atoms with Crippen LogP contribution in [-0.2, 0) is 4.74 Å². The molecule has 0 bridgehead atoms. The van der Waals surface area contributed by atoms with Gasteiger partial charge in [-0.15, -0.1) is 0 Å². The number of ether oxygens (including phenoxy) is 1. The summed E-state index contributed by atoms with van der Waals surface area (Å²) in [6.45, 7) is 10.9. The van der Waals surface area contributed by atoms with Gasteiger partial charge in [0.15, 0.2) is 0 Å². The zero-order chi connectivity index (χ0) is 18.1. The Balaban J connectivity index is 2.09. The highest BCUT2D eigenvalue weighted by molar-refractivity contribution is 5.88. The lowest BCUT2D eigenvalue weighted by molar-refractivity contribution is 0.00564. The molecule has 2 rings (SSSR count). The number of carbonyl (C=O) groups is 2. The molecule has 1 amide bonds. The molecule has 1 aliphatic rings. The molecule has 1 aliphatic heterocycles. The van der Waals surface area contributed by atoms with E-state index >= 15 is 0 Å². The molecule has 24 heavy (non-hydrogen) atoms. The fourth-order valence-electron chi connectivity index (χ4n) is 3.02. The Bertz CT molecular complexity index is 594. The maximum atomic E-state index is 12.4. The van der Waals surface area contributed by atoms with E-state index in [4.69, 9.17) is 9.84 Å².